The van der Waals surface area contributed by atoms with Crippen LogP contribution in [-0.2, 0) is 0 Å². The zero-order valence-electron chi connectivity index (χ0n) is 12.1. The number of hydrogen-bond acceptors (Lipinski definition) is 2. The molecule has 0 rings (SSSR count). The van der Waals surface area contributed by atoms with Crippen molar-refractivity contribution in [2.24, 2.45) is 0 Å². The van der Waals surface area contributed by atoms with E-state index in [0.717, 1.165) is 6.42 Å². The molecule has 108 valence electrons. The second-order valence-corrected chi connectivity index (χ2v) is 4.63. The van der Waals surface area contributed by atoms with Gasteiger partial charge in [0.1, 0.15) is 0 Å². The molecule has 0 heterocycles. The Hall–Kier alpha value is -1.44. The molecule has 0 unspecified atom stereocenters. The van der Waals surface area contributed by atoms with Gasteiger partial charge in [-0.15, -0.1) is 0 Å². The van der Waals surface area contributed by atoms with E-state index in [1.807, 2.05) is 18.2 Å². The molecule has 0 aliphatic rings. The van der Waals surface area contributed by atoms with Crippen LogP contribution in [0.25, 0.3) is 0 Å². The Kier molecular flexibility index (Phi) is 13.5. The highest BCUT2D eigenvalue weighted by Gasteiger charge is 1.88. The number of unbranched alkanes of at least 4 members (excludes halogenated alkanes) is 7. The van der Waals surface area contributed by atoms with Gasteiger partial charge in [0, 0.05) is 6.08 Å². The van der Waals surface area contributed by atoms with Gasteiger partial charge >= 0.3 is 0 Å². The van der Waals surface area contributed by atoms with Crippen LogP contribution >= 0.6 is 0 Å². The van der Waals surface area contributed by atoms with Gasteiger partial charge in [0.05, 0.1) is 0 Å². The molecule has 0 amide bonds. The Bertz CT molecular complexity index is 294. The quantitative estimate of drug-likeness (QED) is 0.283. The Morgan fingerprint density at radius 1 is 0.737 bits per heavy atom. The van der Waals surface area contributed by atoms with Gasteiger partial charge < -0.3 is 10.2 Å². The lowest BCUT2D eigenvalue weighted by Gasteiger charge is -1.98. The topological polar surface area (TPSA) is 40.5 Å². The number of allylic oxidation sites excluding steroid dienone is 7. The number of aliphatic hydroxyl groups is 2. The lowest BCUT2D eigenvalue weighted by Crippen LogP contribution is -1.78. The second kappa shape index (κ2) is 14.6. The summed E-state index contributed by atoms with van der Waals surface area (Å²) < 4.78 is 0. The minimum absolute atomic E-state index is 0.667. The molecular weight excluding hydrogens is 236 g/mol. The monoisotopic (exact) mass is 264 g/mol. The molecule has 2 heteroatoms. The summed E-state index contributed by atoms with van der Waals surface area (Å²) in [6.07, 6.45) is 23.1. The van der Waals surface area contributed by atoms with Crippen molar-refractivity contribution in [1.82, 2.24) is 0 Å². The molecule has 0 aromatic carbocycles. The van der Waals surface area contributed by atoms with E-state index in [1.165, 1.54) is 51.0 Å². The van der Waals surface area contributed by atoms with Gasteiger partial charge in [0.15, 0.2) is 0 Å². The van der Waals surface area contributed by atoms with E-state index in [2.05, 4.69) is 13.0 Å². The molecule has 0 aliphatic heterocycles. The van der Waals surface area contributed by atoms with Crippen molar-refractivity contribution in [2.45, 2.75) is 58.3 Å². The minimum atomic E-state index is -0.667. The third-order valence-corrected chi connectivity index (χ3v) is 2.80. The molecule has 0 radical (unpaired) electrons. The lowest BCUT2D eigenvalue weighted by molar-refractivity contribution is 0.191. The molecule has 0 bridgehead atoms. The van der Waals surface area contributed by atoms with Crippen LogP contribution in [0.15, 0.2) is 48.5 Å². The van der Waals surface area contributed by atoms with E-state index >= 15 is 0 Å². The minimum Gasteiger partial charge on any atom is -0.481 e. The molecule has 0 aliphatic carbocycles. The Labute approximate surface area is 117 Å². The SMILES string of the molecule is CCCCCCCCCC=CC=CC=CC=C(O)O. The zero-order chi connectivity index (χ0) is 14.2. The standard InChI is InChI=1S/C17H28O2/c1-2-3-4-5-6-7-8-9-10-11-12-13-14-15-16-17(18)19/h10-16,18-19H,2-9H2,1H3. The van der Waals surface area contributed by atoms with Crippen LogP contribution in [0.3, 0.4) is 0 Å². The van der Waals surface area contributed by atoms with Crippen LogP contribution in [0.5, 0.6) is 0 Å². The molecule has 0 aromatic heterocycles. The van der Waals surface area contributed by atoms with E-state index in [1.54, 1.807) is 12.2 Å². The number of aliphatic hydroxyl groups excluding tert-OH is 1. The van der Waals surface area contributed by atoms with E-state index in [9.17, 15) is 0 Å². The molecule has 0 saturated heterocycles. The zero-order valence-corrected chi connectivity index (χ0v) is 12.1. The average molecular weight is 264 g/mol. The first kappa shape index (κ1) is 17.6. The Morgan fingerprint density at radius 3 is 2.00 bits per heavy atom. The van der Waals surface area contributed by atoms with Crippen molar-refractivity contribution in [3.8, 4) is 0 Å². The Morgan fingerprint density at radius 2 is 1.32 bits per heavy atom. The fourth-order valence-corrected chi connectivity index (χ4v) is 1.73. The van der Waals surface area contributed by atoms with Crippen molar-refractivity contribution < 1.29 is 10.2 Å². The van der Waals surface area contributed by atoms with E-state index in [-0.39, 0.29) is 0 Å². The van der Waals surface area contributed by atoms with Gasteiger partial charge in [-0.1, -0.05) is 81.9 Å². The summed E-state index contributed by atoms with van der Waals surface area (Å²) in [4.78, 5) is 0. The summed E-state index contributed by atoms with van der Waals surface area (Å²) in [5.74, 6) is -0.667. The molecule has 0 aromatic rings. The van der Waals surface area contributed by atoms with Crippen LogP contribution in [-0.4, -0.2) is 10.2 Å². The highest BCUT2D eigenvalue weighted by molar-refractivity contribution is 5.15. The first-order valence-corrected chi connectivity index (χ1v) is 7.35. The van der Waals surface area contributed by atoms with Gasteiger partial charge in [-0.25, -0.2) is 0 Å². The van der Waals surface area contributed by atoms with Crippen molar-refractivity contribution >= 4 is 0 Å². The first-order chi connectivity index (χ1) is 9.27. The third kappa shape index (κ3) is 16.6. The van der Waals surface area contributed by atoms with Crippen LogP contribution < -0.4 is 0 Å². The number of rotatable bonds is 11. The highest BCUT2D eigenvalue weighted by Crippen LogP contribution is 2.08. The van der Waals surface area contributed by atoms with Gasteiger partial charge in [0.2, 0.25) is 0 Å². The molecular formula is C17H28O2. The fourth-order valence-electron chi connectivity index (χ4n) is 1.73. The predicted molar refractivity (Wildman–Crippen MR) is 83.4 cm³/mol. The normalized spacial score (nSPS) is 11.8. The molecule has 19 heavy (non-hydrogen) atoms. The van der Waals surface area contributed by atoms with E-state index in [4.69, 9.17) is 10.2 Å². The maximum Gasteiger partial charge on any atom is 0.274 e. The summed E-state index contributed by atoms with van der Waals surface area (Å²) in [5, 5.41) is 16.9. The number of hydrogen-bond donors (Lipinski definition) is 2. The summed E-state index contributed by atoms with van der Waals surface area (Å²) >= 11 is 0. The largest absolute Gasteiger partial charge is 0.481 e. The van der Waals surface area contributed by atoms with Crippen LogP contribution in [0, 0.1) is 0 Å². The summed E-state index contributed by atoms with van der Waals surface area (Å²) in [5.41, 5.74) is 0. The van der Waals surface area contributed by atoms with E-state index in [0.29, 0.717) is 0 Å². The van der Waals surface area contributed by atoms with Gasteiger partial charge in [-0.05, 0) is 12.8 Å². The fraction of sp³-hybridized carbons (Fsp3) is 0.529. The van der Waals surface area contributed by atoms with Gasteiger partial charge in [-0.3, -0.25) is 0 Å². The van der Waals surface area contributed by atoms with Crippen molar-refractivity contribution in [3.05, 3.63) is 48.5 Å². The van der Waals surface area contributed by atoms with Crippen molar-refractivity contribution in [3.63, 3.8) is 0 Å². The maximum absolute atomic E-state index is 8.47. The maximum atomic E-state index is 8.47. The summed E-state index contributed by atoms with van der Waals surface area (Å²) in [6, 6.07) is 0. The lowest BCUT2D eigenvalue weighted by atomic mass is 10.1. The van der Waals surface area contributed by atoms with Crippen LogP contribution in [0.2, 0.25) is 0 Å². The molecule has 0 saturated carbocycles. The van der Waals surface area contributed by atoms with Gasteiger partial charge in [-0.2, -0.15) is 0 Å². The molecule has 2 nitrogen and oxygen atoms in total. The highest BCUT2D eigenvalue weighted by atomic mass is 16.5. The smallest absolute Gasteiger partial charge is 0.274 e. The third-order valence-electron chi connectivity index (χ3n) is 2.80. The molecule has 2 N–H and O–H groups in total. The van der Waals surface area contributed by atoms with Crippen molar-refractivity contribution in [2.75, 3.05) is 0 Å². The summed E-state index contributed by atoms with van der Waals surface area (Å²) in [7, 11) is 0. The van der Waals surface area contributed by atoms with Gasteiger partial charge in [0.25, 0.3) is 5.95 Å². The predicted octanol–water partition coefficient (Wildman–Crippen LogP) is 5.75. The van der Waals surface area contributed by atoms with E-state index < -0.39 is 5.95 Å². The molecule has 0 atom stereocenters. The molecule has 0 spiro atoms. The van der Waals surface area contributed by atoms with Crippen LogP contribution in [0.4, 0.5) is 0 Å². The van der Waals surface area contributed by atoms with Crippen molar-refractivity contribution in [1.29, 1.82) is 0 Å². The summed E-state index contributed by atoms with van der Waals surface area (Å²) in [6.45, 7) is 2.25. The van der Waals surface area contributed by atoms with Crippen LogP contribution in [0.1, 0.15) is 58.3 Å². The average Bonchev–Trinajstić information content (AvgIpc) is 2.39. The Balaban J connectivity index is 3.36. The first-order valence-electron chi connectivity index (χ1n) is 7.35. The second-order valence-electron chi connectivity index (χ2n) is 4.63. The molecule has 0 fully saturated rings.